The summed E-state index contributed by atoms with van der Waals surface area (Å²) < 4.78 is 5.34. The van der Waals surface area contributed by atoms with Crippen molar-refractivity contribution in [2.45, 2.75) is 26.2 Å². The molecule has 0 fully saturated rings. The van der Waals surface area contributed by atoms with Crippen LogP contribution in [0.5, 0.6) is 0 Å². The molecule has 0 radical (unpaired) electrons. The van der Waals surface area contributed by atoms with Crippen molar-refractivity contribution in [3.05, 3.63) is 54.4 Å². The summed E-state index contributed by atoms with van der Waals surface area (Å²) in [4.78, 5) is 8.48. The van der Waals surface area contributed by atoms with E-state index in [1.165, 1.54) is 5.56 Å². The summed E-state index contributed by atoms with van der Waals surface area (Å²) >= 11 is 0. The molecule has 0 atom stereocenters. The number of hydrogen-bond donors (Lipinski definition) is 0. The van der Waals surface area contributed by atoms with E-state index in [1.54, 1.807) is 12.4 Å². The zero-order valence-electron chi connectivity index (χ0n) is 12.4. The summed E-state index contributed by atoms with van der Waals surface area (Å²) in [5, 5.41) is 4.01. The topological polar surface area (TPSA) is 51.8 Å². The standard InChI is InChI=1S/C17H17N3O/c1-17(2,3)14-8-6-12(7-9-14)16-19-15(20-21-16)13-5-4-10-18-11-13/h4-11H,1-3H3. The second-order valence-corrected chi connectivity index (χ2v) is 5.99. The first-order valence-electron chi connectivity index (χ1n) is 6.89. The number of hydrogen-bond acceptors (Lipinski definition) is 4. The Morgan fingerprint density at radius 3 is 2.33 bits per heavy atom. The highest BCUT2D eigenvalue weighted by Gasteiger charge is 2.15. The lowest BCUT2D eigenvalue weighted by Crippen LogP contribution is -2.10. The largest absolute Gasteiger partial charge is 0.334 e. The minimum absolute atomic E-state index is 0.133. The summed E-state index contributed by atoms with van der Waals surface area (Å²) in [6.45, 7) is 6.57. The normalized spacial score (nSPS) is 11.6. The van der Waals surface area contributed by atoms with Crippen LogP contribution in [0.3, 0.4) is 0 Å². The quantitative estimate of drug-likeness (QED) is 0.708. The molecule has 0 aliphatic rings. The highest BCUT2D eigenvalue weighted by Crippen LogP contribution is 2.26. The summed E-state index contributed by atoms with van der Waals surface area (Å²) in [6, 6.07) is 12.0. The zero-order chi connectivity index (χ0) is 14.9. The molecule has 0 unspecified atom stereocenters. The Bertz CT molecular complexity index is 725. The maximum absolute atomic E-state index is 5.34. The van der Waals surface area contributed by atoms with E-state index < -0.39 is 0 Å². The van der Waals surface area contributed by atoms with Gasteiger partial charge in [0.15, 0.2) is 0 Å². The van der Waals surface area contributed by atoms with Gasteiger partial charge in [0.2, 0.25) is 5.82 Å². The smallest absolute Gasteiger partial charge is 0.258 e. The van der Waals surface area contributed by atoms with Crippen molar-refractivity contribution in [3.8, 4) is 22.8 Å². The fourth-order valence-electron chi connectivity index (χ4n) is 2.07. The van der Waals surface area contributed by atoms with E-state index in [2.05, 4.69) is 48.0 Å². The lowest BCUT2D eigenvalue weighted by molar-refractivity contribution is 0.432. The average molecular weight is 279 g/mol. The van der Waals surface area contributed by atoms with Gasteiger partial charge in [-0.25, -0.2) is 0 Å². The highest BCUT2D eigenvalue weighted by molar-refractivity contribution is 5.59. The van der Waals surface area contributed by atoms with Crippen LogP contribution in [0.4, 0.5) is 0 Å². The average Bonchev–Trinajstić information content (AvgIpc) is 2.97. The van der Waals surface area contributed by atoms with Crippen molar-refractivity contribution in [2.24, 2.45) is 0 Å². The first kappa shape index (κ1) is 13.5. The Balaban J connectivity index is 1.90. The fraction of sp³-hybridized carbons (Fsp3) is 0.235. The molecule has 0 bridgehead atoms. The van der Waals surface area contributed by atoms with Gasteiger partial charge in [-0.05, 0) is 35.2 Å². The van der Waals surface area contributed by atoms with E-state index in [9.17, 15) is 0 Å². The lowest BCUT2D eigenvalue weighted by Gasteiger charge is -2.18. The molecule has 3 rings (SSSR count). The molecular weight excluding hydrogens is 262 g/mol. The van der Waals surface area contributed by atoms with E-state index in [-0.39, 0.29) is 5.41 Å². The second kappa shape index (κ2) is 5.13. The molecular formula is C17H17N3O. The summed E-state index contributed by atoms with van der Waals surface area (Å²) in [6.07, 6.45) is 3.44. The van der Waals surface area contributed by atoms with Crippen LogP contribution in [-0.4, -0.2) is 15.1 Å². The molecule has 1 aromatic carbocycles. The van der Waals surface area contributed by atoms with Crippen molar-refractivity contribution in [3.63, 3.8) is 0 Å². The molecule has 0 aliphatic heterocycles. The number of pyridine rings is 1. The Morgan fingerprint density at radius 1 is 0.952 bits per heavy atom. The molecule has 0 saturated carbocycles. The molecule has 106 valence electrons. The van der Waals surface area contributed by atoms with Gasteiger partial charge in [0, 0.05) is 23.5 Å². The molecule has 2 heterocycles. The van der Waals surface area contributed by atoms with Crippen LogP contribution in [-0.2, 0) is 5.41 Å². The Morgan fingerprint density at radius 2 is 1.71 bits per heavy atom. The van der Waals surface area contributed by atoms with Crippen molar-refractivity contribution in [1.82, 2.24) is 15.1 Å². The Kier molecular flexibility index (Phi) is 3.29. The second-order valence-electron chi connectivity index (χ2n) is 5.99. The first-order valence-corrected chi connectivity index (χ1v) is 6.89. The van der Waals surface area contributed by atoms with Crippen LogP contribution in [0, 0.1) is 0 Å². The van der Waals surface area contributed by atoms with Crippen LogP contribution >= 0.6 is 0 Å². The fourth-order valence-corrected chi connectivity index (χ4v) is 2.07. The van der Waals surface area contributed by atoms with Gasteiger partial charge in [-0.1, -0.05) is 38.1 Å². The van der Waals surface area contributed by atoms with E-state index in [1.807, 2.05) is 24.3 Å². The van der Waals surface area contributed by atoms with E-state index in [0.29, 0.717) is 11.7 Å². The number of nitrogens with zero attached hydrogens (tertiary/aromatic N) is 3. The SMILES string of the molecule is CC(C)(C)c1ccc(-c2nc(-c3cccnc3)no2)cc1. The molecule has 3 aromatic rings. The first-order chi connectivity index (χ1) is 10.0. The molecule has 4 heteroatoms. The van der Waals surface area contributed by atoms with Gasteiger partial charge in [0.1, 0.15) is 0 Å². The van der Waals surface area contributed by atoms with E-state index in [0.717, 1.165) is 11.1 Å². The highest BCUT2D eigenvalue weighted by atomic mass is 16.5. The summed E-state index contributed by atoms with van der Waals surface area (Å²) in [5.74, 6) is 1.08. The molecule has 0 saturated heterocycles. The maximum Gasteiger partial charge on any atom is 0.258 e. The van der Waals surface area contributed by atoms with Crippen LogP contribution in [0.1, 0.15) is 26.3 Å². The third-order valence-electron chi connectivity index (χ3n) is 3.34. The Hall–Kier alpha value is -2.49. The predicted octanol–water partition coefficient (Wildman–Crippen LogP) is 4.10. The number of rotatable bonds is 2. The molecule has 0 N–H and O–H groups in total. The van der Waals surface area contributed by atoms with E-state index in [4.69, 9.17) is 4.52 Å². The zero-order valence-corrected chi connectivity index (χ0v) is 12.4. The van der Waals surface area contributed by atoms with Gasteiger partial charge in [-0.2, -0.15) is 4.98 Å². The van der Waals surface area contributed by atoms with Crippen LogP contribution in [0.2, 0.25) is 0 Å². The van der Waals surface area contributed by atoms with Gasteiger partial charge < -0.3 is 4.52 Å². The lowest BCUT2D eigenvalue weighted by atomic mass is 9.87. The minimum Gasteiger partial charge on any atom is -0.334 e. The molecule has 0 spiro atoms. The number of aromatic nitrogens is 3. The van der Waals surface area contributed by atoms with Gasteiger partial charge in [0.05, 0.1) is 0 Å². The third-order valence-corrected chi connectivity index (χ3v) is 3.34. The Labute approximate surface area is 123 Å². The van der Waals surface area contributed by atoms with Gasteiger partial charge in [0.25, 0.3) is 5.89 Å². The maximum atomic E-state index is 5.34. The third kappa shape index (κ3) is 2.84. The van der Waals surface area contributed by atoms with Gasteiger partial charge in [-0.3, -0.25) is 4.98 Å². The van der Waals surface area contributed by atoms with E-state index >= 15 is 0 Å². The predicted molar refractivity (Wildman–Crippen MR) is 81.7 cm³/mol. The van der Waals surface area contributed by atoms with Gasteiger partial charge >= 0.3 is 0 Å². The van der Waals surface area contributed by atoms with Crippen LogP contribution < -0.4 is 0 Å². The van der Waals surface area contributed by atoms with Crippen molar-refractivity contribution in [1.29, 1.82) is 0 Å². The van der Waals surface area contributed by atoms with Crippen molar-refractivity contribution in [2.75, 3.05) is 0 Å². The molecule has 21 heavy (non-hydrogen) atoms. The van der Waals surface area contributed by atoms with Crippen molar-refractivity contribution < 1.29 is 4.52 Å². The molecule has 4 nitrogen and oxygen atoms in total. The molecule has 0 amide bonds. The van der Waals surface area contributed by atoms with Crippen LogP contribution in [0.15, 0.2) is 53.3 Å². The molecule has 2 aromatic heterocycles. The summed E-state index contributed by atoms with van der Waals surface area (Å²) in [7, 11) is 0. The monoisotopic (exact) mass is 279 g/mol. The van der Waals surface area contributed by atoms with Crippen molar-refractivity contribution >= 4 is 0 Å². The van der Waals surface area contributed by atoms with Crippen LogP contribution in [0.25, 0.3) is 22.8 Å². The minimum atomic E-state index is 0.133. The van der Waals surface area contributed by atoms with Gasteiger partial charge in [-0.15, -0.1) is 0 Å². The summed E-state index contributed by atoms with van der Waals surface area (Å²) in [5.41, 5.74) is 3.18. The molecule has 0 aliphatic carbocycles. The number of benzene rings is 1.